The number of aryl methyl sites for hydroxylation is 1. The molecule has 0 radical (unpaired) electrons. The Morgan fingerprint density at radius 2 is 1.84 bits per heavy atom. The Morgan fingerprint density at radius 3 is 2.44 bits per heavy atom. The predicted octanol–water partition coefficient (Wildman–Crippen LogP) is 4.30. The molecule has 0 bridgehead atoms. The third-order valence-electron chi connectivity index (χ3n) is 3.53. The number of carbonyl (C=O) groups excluding carboxylic acids is 2. The van der Waals surface area contributed by atoms with Crippen LogP contribution in [0.25, 0.3) is 0 Å². The van der Waals surface area contributed by atoms with Gasteiger partial charge in [-0.05, 0) is 42.8 Å². The van der Waals surface area contributed by atoms with Crippen LogP contribution in [0.1, 0.15) is 12.5 Å². The highest BCUT2D eigenvalue weighted by molar-refractivity contribution is 6.42. The Hall–Kier alpha value is -2.24. The first-order valence-corrected chi connectivity index (χ1v) is 8.25. The van der Waals surface area contributed by atoms with E-state index in [4.69, 9.17) is 27.9 Å². The predicted molar refractivity (Wildman–Crippen MR) is 101 cm³/mol. The fraction of sp³-hybridized carbons (Fsp3) is 0.222. The zero-order valence-corrected chi connectivity index (χ0v) is 15.6. The molecule has 0 heterocycles. The summed E-state index contributed by atoms with van der Waals surface area (Å²) in [5.41, 5.74) is 2.02. The molecular weight excluding hydrogens is 363 g/mol. The molecule has 0 spiro atoms. The lowest BCUT2D eigenvalue weighted by Gasteiger charge is -2.21. The number of nitrogens with one attached hydrogen (secondary N) is 1. The highest BCUT2D eigenvalue weighted by Gasteiger charge is 2.18. The van der Waals surface area contributed by atoms with E-state index >= 15 is 0 Å². The fourth-order valence-corrected chi connectivity index (χ4v) is 2.58. The van der Waals surface area contributed by atoms with E-state index in [0.29, 0.717) is 27.2 Å². The Morgan fingerprint density at radius 1 is 1.12 bits per heavy atom. The third kappa shape index (κ3) is 4.87. The van der Waals surface area contributed by atoms with Crippen molar-refractivity contribution < 1.29 is 14.3 Å². The van der Waals surface area contributed by atoms with Gasteiger partial charge in [-0.15, -0.1) is 0 Å². The topological polar surface area (TPSA) is 58.6 Å². The smallest absolute Gasteiger partial charge is 0.244 e. The summed E-state index contributed by atoms with van der Waals surface area (Å²) in [6, 6.07) is 10.2. The van der Waals surface area contributed by atoms with Gasteiger partial charge in [-0.3, -0.25) is 9.59 Å². The zero-order valence-electron chi connectivity index (χ0n) is 14.1. The minimum absolute atomic E-state index is 0.162. The van der Waals surface area contributed by atoms with Gasteiger partial charge in [-0.25, -0.2) is 0 Å². The minimum atomic E-state index is -0.356. The number of anilines is 2. The van der Waals surface area contributed by atoms with Crippen molar-refractivity contribution in [2.75, 3.05) is 23.9 Å². The molecular formula is C18H18Cl2N2O3. The summed E-state index contributed by atoms with van der Waals surface area (Å²) >= 11 is 11.9. The summed E-state index contributed by atoms with van der Waals surface area (Å²) in [6.45, 7) is 3.13. The average molecular weight is 381 g/mol. The van der Waals surface area contributed by atoms with E-state index in [1.165, 1.54) is 18.9 Å². The number of hydrogen-bond donors (Lipinski definition) is 1. The van der Waals surface area contributed by atoms with Crippen LogP contribution < -0.4 is 15.0 Å². The first kappa shape index (κ1) is 19.1. The average Bonchev–Trinajstić information content (AvgIpc) is 2.55. The molecule has 25 heavy (non-hydrogen) atoms. The van der Waals surface area contributed by atoms with Crippen LogP contribution in [0.3, 0.4) is 0 Å². The van der Waals surface area contributed by atoms with Crippen LogP contribution >= 0.6 is 23.2 Å². The van der Waals surface area contributed by atoms with Crippen LogP contribution in [0.2, 0.25) is 10.0 Å². The molecule has 0 aliphatic heterocycles. The lowest BCUT2D eigenvalue weighted by Crippen LogP contribution is -2.36. The lowest BCUT2D eigenvalue weighted by molar-refractivity contribution is -0.120. The van der Waals surface area contributed by atoms with Gasteiger partial charge >= 0.3 is 0 Å². The van der Waals surface area contributed by atoms with E-state index in [1.807, 2.05) is 13.0 Å². The molecule has 132 valence electrons. The second-order valence-electron chi connectivity index (χ2n) is 5.46. The molecule has 0 unspecified atom stereocenters. The second-order valence-corrected chi connectivity index (χ2v) is 6.27. The van der Waals surface area contributed by atoms with Crippen LogP contribution in [0.15, 0.2) is 36.4 Å². The van der Waals surface area contributed by atoms with Crippen LogP contribution in [0.4, 0.5) is 11.4 Å². The Kier molecular flexibility index (Phi) is 6.28. The number of ether oxygens (including phenoxy) is 1. The summed E-state index contributed by atoms with van der Waals surface area (Å²) in [5.74, 6) is -0.0993. The Balaban J connectivity index is 2.20. The van der Waals surface area contributed by atoms with Gasteiger partial charge in [-0.2, -0.15) is 0 Å². The maximum Gasteiger partial charge on any atom is 0.244 e. The van der Waals surface area contributed by atoms with Crippen molar-refractivity contribution in [2.24, 2.45) is 0 Å². The van der Waals surface area contributed by atoms with Crippen molar-refractivity contribution in [3.8, 4) is 5.75 Å². The van der Waals surface area contributed by atoms with Crippen molar-refractivity contribution >= 4 is 46.4 Å². The van der Waals surface area contributed by atoms with E-state index in [2.05, 4.69) is 5.32 Å². The minimum Gasteiger partial charge on any atom is -0.495 e. The van der Waals surface area contributed by atoms with Crippen molar-refractivity contribution in [1.82, 2.24) is 0 Å². The van der Waals surface area contributed by atoms with E-state index in [-0.39, 0.29) is 18.4 Å². The van der Waals surface area contributed by atoms with E-state index in [9.17, 15) is 9.59 Å². The number of halogens is 2. The van der Waals surface area contributed by atoms with E-state index < -0.39 is 0 Å². The van der Waals surface area contributed by atoms with Gasteiger partial charge in [0.1, 0.15) is 12.3 Å². The molecule has 7 heteroatoms. The van der Waals surface area contributed by atoms with Crippen LogP contribution in [0, 0.1) is 6.92 Å². The molecule has 2 rings (SSSR count). The van der Waals surface area contributed by atoms with Crippen molar-refractivity contribution in [1.29, 1.82) is 0 Å². The summed E-state index contributed by atoms with van der Waals surface area (Å²) in [6.07, 6.45) is 0. The molecule has 0 fully saturated rings. The van der Waals surface area contributed by atoms with Crippen molar-refractivity contribution in [2.45, 2.75) is 13.8 Å². The van der Waals surface area contributed by atoms with Crippen LogP contribution in [-0.4, -0.2) is 25.5 Å². The number of carbonyl (C=O) groups is 2. The number of nitrogens with zero attached hydrogens (tertiary/aromatic N) is 1. The number of hydrogen-bond acceptors (Lipinski definition) is 3. The van der Waals surface area contributed by atoms with Gasteiger partial charge in [0.15, 0.2) is 0 Å². The summed E-state index contributed by atoms with van der Waals surface area (Å²) in [4.78, 5) is 25.7. The molecule has 0 atom stereocenters. The lowest BCUT2D eigenvalue weighted by atomic mass is 10.2. The van der Waals surface area contributed by atoms with Crippen molar-refractivity contribution in [3.05, 3.63) is 52.0 Å². The number of benzene rings is 2. The standard InChI is InChI=1S/C18H18Cl2N2O3/c1-11-4-7-17(25-3)16(8-11)21-18(24)10-22(12(2)23)13-5-6-14(19)15(20)9-13/h4-9H,10H2,1-3H3,(H,21,24). The SMILES string of the molecule is COc1ccc(C)cc1NC(=O)CN(C(C)=O)c1ccc(Cl)c(Cl)c1. The summed E-state index contributed by atoms with van der Waals surface area (Å²) in [5, 5.41) is 3.46. The summed E-state index contributed by atoms with van der Waals surface area (Å²) in [7, 11) is 1.53. The fourth-order valence-electron chi connectivity index (χ4n) is 2.29. The van der Waals surface area contributed by atoms with Gasteiger partial charge in [0, 0.05) is 12.6 Å². The quantitative estimate of drug-likeness (QED) is 0.840. The molecule has 0 saturated heterocycles. The van der Waals surface area contributed by atoms with Crippen molar-refractivity contribution in [3.63, 3.8) is 0 Å². The van der Waals surface area contributed by atoms with Gasteiger partial charge < -0.3 is 15.0 Å². The molecule has 2 aromatic carbocycles. The number of rotatable bonds is 5. The molecule has 0 aliphatic carbocycles. The maximum atomic E-state index is 12.4. The van der Waals surface area contributed by atoms with Gasteiger partial charge in [0.2, 0.25) is 11.8 Å². The molecule has 5 nitrogen and oxygen atoms in total. The number of amides is 2. The second kappa shape index (κ2) is 8.23. The zero-order chi connectivity index (χ0) is 18.6. The first-order chi connectivity index (χ1) is 11.8. The Bertz CT molecular complexity index is 809. The first-order valence-electron chi connectivity index (χ1n) is 7.49. The largest absolute Gasteiger partial charge is 0.495 e. The monoisotopic (exact) mass is 380 g/mol. The van der Waals surface area contributed by atoms with E-state index in [0.717, 1.165) is 5.56 Å². The highest BCUT2D eigenvalue weighted by atomic mass is 35.5. The molecule has 0 saturated carbocycles. The maximum absolute atomic E-state index is 12.4. The molecule has 1 N–H and O–H groups in total. The van der Waals surface area contributed by atoms with Gasteiger partial charge in [0.25, 0.3) is 0 Å². The Labute approximate surface area is 156 Å². The van der Waals surface area contributed by atoms with Crippen LogP contribution in [-0.2, 0) is 9.59 Å². The van der Waals surface area contributed by atoms with Gasteiger partial charge in [-0.1, -0.05) is 29.3 Å². The molecule has 2 aromatic rings. The summed E-state index contributed by atoms with van der Waals surface area (Å²) < 4.78 is 5.24. The van der Waals surface area contributed by atoms with Gasteiger partial charge in [0.05, 0.1) is 22.8 Å². The van der Waals surface area contributed by atoms with E-state index in [1.54, 1.807) is 30.3 Å². The van der Waals surface area contributed by atoms with Crippen LogP contribution in [0.5, 0.6) is 5.75 Å². The number of methoxy groups -OCH3 is 1. The highest BCUT2D eigenvalue weighted by Crippen LogP contribution is 2.28. The molecule has 0 aliphatic rings. The molecule has 0 aromatic heterocycles. The molecule has 2 amide bonds. The third-order valence-corrected chi connectivity index (χ3v) is 4.26. The normalized spacial score (nSPS) is 10.3.